The Kier molecular flexibility index (Phi) is 6.52. The quantitative estimate of drug-likeness (QED) is 0.706. The van der Waals surface area contributed by atoms with Gasteiger partial charge in [-0.2, -0.15) is 0 Å². The molecule has 1 rings (SSSR count). The van der Waals surface area contributed by atoms with Crippen molar-refractivity contribution in [2.75, 3.05) is 13.2 Å². The lowest BCUT2D eigenvalue weighted by atomic mass is 9.99. The molecule has 4 heteroatoms. The molecule has 0 bridgehead atoms. The minimum absolute atomic E-state index is 0.165. The molecule has 0 aliphatic heterocycles. The maximum atomic E-state index is 11.0. The van der Waals surface area contributed by atoms with Crippen LogP contribution in [0.25, 0.3) is 0 Å². The number of hydrogen-bond donors (Lipinski definition) is 1. The Morgan fingerprint density at radius 3 is 2.45 bits per heavy atom. The van der Waals surface area contributed by atoms with Crippen LogP contribution in [0.3, 0.4) is 0 Å². The molecule has 0 heterocycles. The van der Waals surface area contributed by atoms with E-state index in [0.29, 0.717) is 36.5 Å². The number of benzene rings is 1. The summed E-state index contributed by atoms with van der Waals surface area (Å²) in [5.74, 6) is 1.12. The van der Waals surface area contributed by atoms with Gasteiger partial charge in [0.2, 0.25) is 0 Å². The summed E-state index contributed by atoms with van der Waals surface area (Å²) in [5, 5.41) is 10.2. The molecule has 0 aromatic heterocycles. The van der Waals surface area contributed by atoms with E-state index in [0.717, 1.165) is 12.7 Å². The largest absolute Gasteiger partial charge is 0.493 e. The van der Waals surface area contributed by atoms with Crippen molar-refractivity contribution in [3.8, 4) is 11.5 Å². The van der Waals surface area contributed by atoms with Crippen molar-refractivity contribution >= 4 is 6.29 Å². The van der Waals surface area contributed by atoms with Crippen LogP contribution in [0.15, 0.2) is 18.2 Å². The first kappa shape index (κ1) is 16.5. The predicted octanol–water partition coefficient (Wildman–Crippen LogP) is 3.22. The highest BCUT2D eigenvalue weighted by Crippen LogP contribution is 2.26. The van der Waals surface area contributed by atoms with Crippen LogP contribution in [-0.4, -0.2) is 30.2 Å². The minimum atomic E-state index is -0.861. The molecule has 0 spiro atoms. The molecule has 0 radical (unpaired) electrons. The number of rotatable bonds is 9. The number of aldehydes is 1. The first-order valence-electron chi connectivity index (χ1n) is 7.15. The van der Waals surface area contributed by atoms with Crippen LogP contribution in [0.4, 0.5) is 0 Å². The smallest absolute Gasteiger partial charge is 0.153 e. The van der Waals surface area contributed by atoms with E-state index in [1.165, 1.54) is 0 Å². The molecule has 4 nitrogen and oxygen atoms in total. The summed E-state index contributed by atoms with van der Waals surface area (Å²) in [6, 6.07) is 5.12. The average Bonchev–Trinajstić information content (AvgIpc) is 2.50. The first-order chi connectivity index (χ1) is 9.58. The second-order valence-corrected chi connectivity index (χ2v) is 4.89. The summed E-state index contributed by atoms with van der Waals surface area (Å²) < 4.78 is 11.2. The molecule has 0 atom stereocenters. The monoisotopic (exact) mass is 280 g/mol. The van der Waals surface area contributed by atoms with Gasteiger partial charge >= 0.3 is 0 Å². The van der Waals surface area contributed by atoms with Crippen LogP contribution >= 0.6 is 0 Å². The van der Waals surface area contributed by atoms with Gasteiger partial charge in [0.25, 0.3) is 0 Å². The van der Waals surface area contributed by atoms with Crippen LogP contribution in [0.1, 0.15) is 50.4 Å². The van der Waals surface area contributed by atoms with E-state index in [4.69, 9.17) is 9.47 Å². The van der Waals surface area contributed by atoms with E-state index in [1.54, 1.807) is 18.2 Å². The van der Waals surface area contributed by atoms with E-state index in [9.17, 15) is 9.90 Å². The van der Waals surface area contributed by atoms with Gasteiger partial charge in [-0.1, -0.05) is 20.8 Å². The second kappa shape index (κ2) is 7.90. The highest BCUT2D eigenvalue weighted by atomic mass is 16.5. The number of ether oxygens (including phenoxy) is 2. The molecule has 20 heavy (non-hydrogen) atoms. The lowest BCUT2D eigenvalue weighted by molar-refractivity contribution is -0.0115. The molecule has 0 saturated heterocycles. The fraction of sp³-hybridized carbons (Fsp3) is 0.562. The molecule has 112 valence electrons. The van der Waals surface area contributed by atoms with Gasteiger partial charge in [0, 0.05) is 6.07 Å². The summed E-state index contributed by atoms with van der Waals surface area (Å²) in [7, 11) is 0. The second-order valence-electron chi connectivity index (χ2n) is 4.89. The maximum absolute atomic E-state index is 11.0. The fourth-order valence-corrected chi connectivity index (χ4v) is 1.71. The lowest BCUT2D eigenvalue weighted by Gasteiger charge is -2.25. The summed E-state index contributed by atoms with van der Waals surface area (Å²) in [6.07, 6.45) is 2.87. The molecule has 0 amide bonds. The Bertz CT molecular complexity index is 424. The van der Waals surface area contributed by atoms with Gasteiger partial charge in [-0.3, -0.25) is 4.79 Å². The van der Waals surface area contributed by atoms with Crippen molar-refractivity contribution < 1.29 is 19.4 Å². The summed E-state index contributed by atoms with van der Waals surface area (Å²) >= 11 is 0. The molecule has 0 fully saturated rings. The summed E-state index contributed by atoms with van der Waals surface area (Å²) in [6.45, 7) is 6.63. The van der Waals surface area contributed by atoms with Crippen LogP contribution < -0.4 is 9.47 Å². The van der Waals surface area contributed by atoms with Gasteiger partial charge in [0.05, 0.1) is 17.8 Å². The third-order valence-corrected chi connectivity index (χ3v) is 3.40. The Morgan fingerprint density at radius 2 is 1.90 bits per heavy atom. The highest BCUT2D eigenvalue weighted by Gasteiger charge is 2.23. The zero-order valence-corrected chi connectivity index (χ0v) is 12.5. The standard InChI is InChI=1S/C16H24O4/c1-4-9-19-14-8-7-13(11-17)15(10-14)20-12-16(18,5-2)6-3/h7-8,10-11,18H,4-6,9,12H2,1-3H3. The number of hydrogen-bond acceptors (Lipinski definition) is 4. The van der Waals surface area contributed by atoms with Gasteiger partial charge in [-0.15, -0.1) is 0 Å². The Balaban J connectivity index is 2.82. The van der Waals surface area contributed by atoms with Crippen LogP contribution in [0.2, 0.25) is 0 Å². The lowest BCUT2D eigenvalue weighted by Crippen LogP contribution is -2.34. The van der Waals surface area contributed by atoms with Crippen molar-refractivity contribution in [1.82, 2.24) is 0 Å². The van der Waals surface area contributed by atoms with E-state index < -0.39 is 5.60 Å². The minimum Gasteiger partial charge on any atom is -0.493 e. The zero-order valence-electron chi connectivity index (χ0n) is 12.5. The number of carbonyl (C=O) groups excluding carboxylic acids is 1. The average molecular weight is 280 g/mol. The third-order valence-electron chi connectivity index (χ3n) is 3.40. The van der Waals surface area contributed by atoms with E-state index >= 15 is 0 Å². The zero-order chi connectivity index (χ0) is 15.0. The molecule has 0 aliphatic rings. The first-order valence-corrected chi connectivity index (χ1v) is 7.15. The summed E-state index contributed by atoms with van der Waals surface area (Å²) in [5.41, 5.74) is -0.399. The highest BCUT2D eigenvalue weighted by molar-refractivity contribution is 5.79. The van der Waals surface area contributed by atoms with Gasteiger partial charge in [-0.05, 0) is 31.4 Å². The molecule has 0 unspecified atom stereocenters. The Hall–Kier alpha value is -1.55. The fourth-order valence-electron chi connectivity index (χ4n) is 1.71. The molecule has 0 saturated carbocycles. The molecule has 1 aromatic carbocycles. The van der Waals surface area contributed by atoms with Crippen molar-refractivity contribution in [1.29, 1.82) is 0 Å². The van der Waals surface area contributed by atoms with Crippen LogP contribution in [0.5, 0.6) is 11.5 Å². The van der Waals surface area contributed by atoms with Gasteiger partial charge < -0.3 is 14.6 Å². The molecule has 0 aliphatic carbocycles. The summed E-state index contributed by atoms with van der Waals surface area (Å²) in [4.78, 5) is 11.0. The molecular formula is C16H24O4. The normalized spacial score (nSPS) is 11.2. The number of aliphatic hydroxyl groups is 1. The van der Waals surface area contributed by atoms with Gasteiger partial charge in [0.1, 0.15) is 18.1 Å². The van der Waals surface area contributed by atoms with Crippen molar-refractivity contribution in [3.63, 3.8) is 0 Å². The van der Waals surface area contributed by atoms with E-state index in [2.05, 4.69) is 0 Å². The number of carbonyl (C=O) groups is 1. The predicted molar refractivity (Wildman–Crippen MR) is 78.6 cm³/mol. The SMILES string of the molecule is CCCOc1ccc(C=O)c(OCC(O)(CC)CC)c1. The van der Waals surface area contributed by atoms with E-state index in [1.807, 2.05) is 20.8 Å². The van der Waals surface area contributed by atoms with Gasteiger partial charge in [0.15, 0.2) is 6.29 Å². The van der Waals surface area contributed by atoms with Crippen LogP contribution in [-0.2, 0) is 0 Å². The molecule has 1 aromatic rings. The van der Waals surface area contributed by atoms with Crippen molar-refractivity contribution in [2.45, 2.75) is 45.6 Å². The van der Waals surface area contributed by atoms with Crippen molar-refractivity contribution in [2.24, 2.45) is 0 Å². The Morgan fingerprint density at radius 1 is 1.20 bits per heavy atom. The topological polar surface area (TPSA) is 55.8 Å². The maximum Gasteiger partial charge on any atom is 0.153 e. The third kappa shape index (κ3) is 4.53. The van der Waals surface area contributed by atoms with Crippen LogP contribution in [0, 0.1) is 0 Å². The molecule has 1 N–H and O–H groups in total. The van der Waals surface area contributed by atoms with Gasteiger partial charge in [-0.25, -0.2) is 0 Å². The van der Waals surface area contributed by atoms with Crippen molar-refractivity contribution in [3.05, 3.63) is 23.8 Å². The van der Waals surface area contributed by atoms with E-state index in [-0.39, 0.29) is 6.61 Å². The molecular weight excluding hydrogens is 256 g/mol. The Labute approximate surface area is 120 Å².